The first-order chi connectivity index (χ1) is 28.0. The summed E-state index contributed by atoms with van der Waals surface area (Å²) in [5.41, 5.74) is 0. The molecule has 0 radical (unpaired) electrons. The van der Waals surface area contributed by atoms with E-state index in [0.717, 1.165) is 70.6 Å². The number of rotatable bonds is 45. The molecular formula is C51H97NO5. The minimum absolute atomic E-state index is 0.0678. The van der Waals surface area contributed by atoms with E-state index in [0.29, 0.717) is 19.3 Å². The minimum atomic E-state index is -0.787. The molecule has 6 heteroatoms. The minimum Gasteiger partial charge on any atom is -0.462 e. The molecule has 0 rings (SSSR count). The van der Waals surface area contributed by atoms with Crippen molar-refractivity contribution >= 4 is 11.9 Å². The van der Waals surface area contributed by atoms with Gasteiger partial charge < -0.3 is 20.3 Å². The number of carbonyl (C=O) groups is 2. The zero-order valence-corrected chi connectivity index (χ0v) is 38.2. The van der Waals surface area contributed by atoms with Crippen LogP contribution in [0.4, 0.5) is 0 Å². The van der Waals surface area contributed by atoms with Crippen molar-refractivity contribution in [2.75, 3.05) is 6.61 Å². The summed E-state index contributed by atoms with van der Waals surface area (Å²) in [5.74, 6) is -0.490. The summed E-state index contributed by atoms with van der Waals surface area (Å²) < 4.78 is 5.89. The Hall–Kier alpha value is -1.66. The molecule has 336 valence electrons. The van der Waals surface area contributed by atoms with Gasteiger partial charge in [0.15, 0.2) is 0 Å². The number of amides is 1. The van der Waals surface area contributed by atoms with E-state index in [-0.39, 0.29) is 24.9 Å². The van der Waals surface area contributed by atoms with Crippen LogP contribution < -0.4 is 5.32 Å². The van der Waals surface area contributed by atoms with Gasteiger partial charge in [-0.1, -0.05) is 206 Å². The average molecular weight is 804 g/mol. The van der Waals surface area contributed by atoms with E-state index in [9.17, 15) is 19.8 Å². The fourth-order valence-electron chi connectivity index (χ4n) is 7.66. The molecule has 0 aliphatic carbocycles. The van der Waals surface area contributed by atoms with Gasteiger partial charge in [0.2, 0.25) is 5.91 Å². The molecule has 6 nitrogen and oxygen atoms in total. The standard InChI is InChI=1S/C51H97NO5/c1-4-7-10-13-16-19-21-23-25-27-29-31-34-37-40-43-49(54)48(46-53)52-50(55)45-47(42-39-36-33-18-15-12-9-6-3)57-51(56)44-41-38-35-32-30-28-26-24-22-20-17-14-11-8-5-2/h12,15,20,22,47-49,53-54H,4-11,13-14,16-19,21,23-46H2,1-3H3,(H,52,55)/b15-12-,22-20-. The number of aliphatic hydroxyl groups excluding tert-OH is 2. The second-order valence-electron chi connectivity index (χ2n) is 17.2. The van der Waals surface area contributed by atoms with Crippen molar-refractivity contribution in [3.05, 3.63) is 24.3 Å². The molecule has 1 amide bonds. The lowest BCUT2D eigenvalue weighted by Crippen LogP contribution is -2.46. The fraction of sp³-hybridized carbons (Fsp3) is 0.882. The molecule has 0 saturated carbocycles. The zero-order valence-electron chi connectivity index (χ0n) is 38.2. The summed E-state index contributed by atoms with van der Waals surface area (Å²) in [4.78, 5) is 26.0. The number of allylic oxidation sites excluding steroid dienone is 4. The van der Waals surface area contributed by atoms with Gasteiger partial charge in [0.1, 0.15) is 6.10 Å². The van der Waals surface area contributed by atoms with E-state index in [2.05, 4.69) is 50.4 Å². The molecule has 0 aliphatic rings. The number of hydrogen-bond donors (Lipinski definition) is 3. The van der Waals surface area contributed by atoms with Gasteiger partial charge in [0, 0.05) is 6.42 Å². The fourth-order valence-corrected chi connectivity index (χ4v) is 7.66. The van der Waals surface area contributed by atoms with Crippen LogP contribution in [0.15, 0.2) is 24.3 Å². The van der Waals surface area contributed by atoms with Crippen LogP contribution in [0.3, 0.4) is 0 Å². The molecule has 0 spiro atoms. The van der Waals surface area contributed by atoms with Crippen LogP contribution in [0.1, 0.15) is 265 Å². The summed E-state index contributed by atoms with van der Waals surface area (Å²) in [7, 11) is 0. The zero-order chi connectivity index (χ0) is 41.7. The summed E-state index contributed by atoms with van der Waals surface area (Å²) in [6.45, 7) is 6.41. The highest BCUT2D eigenvalue weighted by molar-refractivity contribution is 5.77. The Morgan fingerprint density at radius 1 is 0.491 bits per heavy atom. The molecule has 0 aromatic rings. The van der Waals surface area contributed by atoms with Gasteiger partial charge in [0.05, 0.1) is 25.2 Å². The van der Waals surface area contributed by atoms with Crippen LogP contribution in [0.25, 0.3) is 0 Å². The van der Waals surface area contributed by atoms with E-state index in [1.807, 2.05) is 0 Å². The maximum Gasteiger partial charge on any atom is 0.306 e. The highest BCUT2D eigenvalue weighted by Crippen LogP contribution is 2.18. The van der Waals surface area contributed by atoms with Crippen molar-refractivity contribution in [2.45, 2.75) is 283 Å². The highest BCUT2D eigenvalue weighted by Gasteiger charge is 2.24. The molecule has 0 aliphatic heterocycles. The third kappa shape index (κ3) is 40.9. The Labute approximate surface area is 354 Å². The predicted octanol–water partition coefficient (Wildman–Crippen LogP) is 14.7. The van der Waals surface area contributed by atoms with Gasteiger partial charge >= 0.3 is 5.97 Å². The van der Waals surface area contributed by atoms with Crippen molar-refractivity contribution in [1.82, 2.24) is 5.32 Å². The lowest BCUT2D eigenvalue weighted by atomic mass is 10.0. The molecule has 3 N–H and O–H groups in total. The van der Waals surface area contributed by atoms with E-state index in [1.54, 1.807) is 0 Å². The smallest absolute Gasteiger partial charge is 0.306 e. The highest BCUT2D eigenvalue weighted by atomic mass is 16.5. The summed E-state index contributed by atoms with van der Waals surface area (Å²) in [6, 6.07) is -0.702. The predicted molar refractivity (Wildman–Crippen MR) is 246 cm³/mol. The summed E-state index contributed by atoms with van der Waals surface area (Å²) in [5, 5.41) is 23.7. The van der Waals surface area contributed by atoms with Crippen molar-refractivity contribution in [1.29, 1.82) is 0 Å². The maximum atomic E-state index is 13.1. The lowest BCUT2D eigenvalue weighted by Gasteiger charge is -2.24. The molecule has 3 atom stereocenters. The molecule has 3 unspecified atom stereocenters. The number of carbonyl (C=O) groups excluding carboxylic acids is 2. The third-order valence-electron chi connectivity index (χ3n) is 11.5. The Bertz CT molecular complexity index is 904. The Morgan fingerprint density at radius 2 is 0.877 bits per heavy atom. The first kappa shape index (κ1) is 55.3. The monoisotopic (exact) mass is 804 g/mol. The first-order valence-corrected chi connectivity index (χ1v) is 25.1. The van der Waals surface area contributed by atoms with Crippen LogP contribution in [0, 0.1) is 0 Å². The Kier molecular flexibility index (Phi) is 44.1. The number of hydrogen-bond acceptors (Lipinski definition) is 5. The van der Waals surface area contributed by atoms with Crippen LogP contribution in [-0.2, 0) is 14.3 Å². The molecule has 57 heavy (non-hydrogen) atoms. The topological polar surface area (TPSA) is 95.9 Å². The normalized spacial score (nSPS) is 13.4. The lowest BCUT2D eigenvalue weighted by molar-refractivity contribution is -0.151. The van der Waals surface area contributed by atoms with Crippen molar-refractivity contribution in [3.8, 4) is 0 Å². The molecule has 0 heterocycles. The molecule has 0 fully saturated rings. The van der Waals surface area contributed by atoms with Crippen molar-refractivity contribution in [3.63, 3.8) is 0 Å². The van der Waals surface area contributed by atoms with Crippen LogP contribution in [0.5, 0.6) is 0 Å². The third-order valence-corrected chi connectivity index (χ3v) is 11.5. The van der Waals surface area contributed by atoms with E-state index < -0.39 is 18.2 Å². The number of nitrogens with one attached hydrogen (secondary N) is 1. The van der Waals surface area contributed by atoms with Gasteiger partial charge in [-0.15, -0.1) is 0 Å². The number of ether oxygens (including phenoxy) is 1. The SMILES string of the molecule is CCC/C=C\CCCCCC(CC(=O)NC(CO)C(O)CCCCCCCCCCCCCCCCC)OC(=O)CCCCCCCCC/C=C\CCCCCC. The van der Waals surface area contributed by atoms with Crippen molar-refractivity contribution in [2.24, 2.45) is 0 Å². The van der Waals surface area contributed by atoms with Crippen LogP contribution in [-0.4, -0.2) is 46.9 Å². The van der Waals surface area contributed by atoms with Gasteiger partial charge in [-0.2, -0.15) is 0 Å². The first-order valence-electron chi connectivity index (χ1n) is 25.1. The van der Waals surface area contributed by atoms with Crippen molar-refractivity contribution < 1.29 is 24.5 Å². The van der Waals surface area contributed by atoms with E-state index in [1.165, 1.54) is 148 Å². The Balaban J connectivity index is 4.41. The van der Waals surface area contributed by atoms with Gasteiger partial charge in [-0.25, -0.2) is 0 Å². The van der Waals surface area contributed by atoms with Crippen LogP contribution >= 0.6 is 0 Å². The Morgan fingerprint density at radius 3 is 1.35 bits per heavy atom. The van der Waals surface area contributed by atoms with Gasteiger partial charge in [-0.05, 0) is 70.6 Å². The van der Waals surface area contributed by atoms with E-state index in [4.69, 9.17) is 4.74 Å². The maximum absolute atomic E-state index is 13.1. The second kappa shape index (κ2) is 45.4. The molecule has 0 aromatic carbocycles. The van der Waals surface area contributed by atoms with Gasteiger partial charge in [0.25, 0.3) is 0 Å². The van der Waals surface area contributed by atoms with E-state index >= 15 is 0 Å². The quantitative estimate of drug-likeness (QED) is 0.0324. The molecular weight excluding hydrogens is 707 g/mol. The number of aliphatic hydroxyl groups is 2. The average Bonchev–Trinajstić information content (AvgIpc) is 3.20. The van der Waals surface area contributed by atoms with Crippen LogP contribution in [0.2, 0.25) is 0 Å². The largest absolute Gasteiger partial charge is 0.462 e. The molecule has 0 saturated heterocycles. The number of unbranched alkanes of at least 4 members (excludes halogenated alkanes) is 29. The molecule has 0 bridgehead atoms. The second-order valence-corrected chi connectivity index (χ2v) is 17.2. The summed E-state index contributed by atoms with van der Waals surface area (Å²) in [6.07, 6.45) is 51.0. The molecule has 0 aromatic heterocycles. The number of esters is 1. The van der Waals surface area contributed by atoms with Gasteiger partial charge in [-0.3, -0.25) is 9.59 Å². The summed E-state index contributed by atoms with van der Waals surface area (Å²) >= 11 is 0.